The average Bonchev–Trinajstić information content (AvgIpc) is 2.80. The molecule has 0 unspecified atom stereocenters. The van der Waals surface area contributed by atoms with Crippen molar-refractivity contribution in [2.45, 2.75) is 23.6 Å². The second kappa shape index (κ2) is 8.60. The minimum absolute atomic E-state index is 0.0469. The lowest BCUT2D eigenvalue weighted by Gasteiger charge is -2.20. The van der Waals surface area contributed by atoms with Crippen LogP contribution in [0, 0.1) is 13.8 Å². The molecule has 33 heavy (non-hydrogen) atoms. The second-order valence-corrected chi connectivity index (χ2v) is 11.1. The molecular weight excluding hydrogens is 466 g/mol. The Hall–Kier alpha value is -3.24. The minimum atomic E-state index is -4.13. The maximum Gasteiger partial charge on any atom is 0.339 e. The lowest BCUT2D eigenvalue weighted by Crippen LogP contribution is -2.26. The first kappa shape index (κ1) is 22.9. The maximum atomic E-state index is 13.0. The first-order valence-electron chi connectivity index (χ1n) is 10.1. The Balaban J connectivity index is 1.53. The van der Waals surface area contributed by atoms with Crippen LogP contribution in [0.1, 0.15) is 11.1 Å². The van der Waals surface area contributed by atoms with Crippen molar-refractivity contribution in [1.82, 2.24) is 0 Å². The third-order valence-electron chi connectivity index (χ3n) is 5.35. The Labute approximate surface area is 193 Å². The number of ether oxygens (including phenoxy) is 2. The number of anilines is 1. The summed E-state index contributed by atoms with van der Waals surface area (Å²) in [5.41, 5.74) is 2.23. The summed E-state index contributed by atoms with van der Waals surface area (Å²) in [5.74, 6) is 0.850. The summed E-state index contributed by atoms with van der Waals surface area (Å²) in [5, 5.41) is 0. The third-order valence-corrected chi connectivity index (χ3v) is 8.37. The molecular formula is C23H23NO7S2. The highest BCUT2D eigenvalue weighted by Gasteiger charge is 2.23. The minimum Gasteiger partial charge on any atom is -0.486 e. The van der Waals surface area contributed by atoms with Crippen LogP contribution in [0.4, 0.5) is 5.69 Å². The van der Waals surface area contributed by atoms with Gasteiger partial charge in [-0.2, -0.15) is 8.42 Å². The van der Waals surface area contributed by atoms with E-state index < -0.39 is 20.1 Å². The molecule has 1 aliphatic heterocycles. The average molecular weight is 490 g/mol. The van der Waals surface area contributed by atoms with Crippen molar-refractivity contribution in [3.05, 3.63) is 71.8 Å². The van der Waals surface area contributed by atoms with Gasteiger partial charge in [-0.05, 0) is 73.5 Å². The van der Waals surface area contributed by atoms with E-state index in [9.17, 15) is 16.8 Å². The molecule has 0 fully saturated rings. The number of nitrogens with zero attached hydrogens (tertiary/aromatic N) is 1. The van der Waals surface area contributed by atoms with Gasteiger partial charge in [0.2, 0.25) is 0 Å². The van der Waals surface area contributed by atoms with Crippen molar-refractivity contribution in [1.29, 1.82) is 0 Å². The Morgan fingerprint density at radius 1 is 0.758 bits per heavy atom. The van der Waals surface area contributed by atoms with Gasteiger partial charge in [0, 0.05) is 13.1 Å². The molecule has 8 nitrogen and oxygen atoms in total. The van der Waals surface area contributed by atoms with Crippen molar-refractivity contribution in [2.24, 2.45) is 0 Å². The molecule has 0 spiro atoms. The third kappa shape index (κ3) is 4.62. The SMILES string of the molecule is Cc1ccc(S(=O)(=O)N(C)c2ccc(OS(=O)(=O)c3ccc4c(c3)OCCO4)cc2)cc1C. The summed E-state index contributed by atoms with van der Waals surface area (Å²) in [6.45, 7) is 4.49. The van der Waals surface area contributed by atoms with Crippen LogP contribution >= 0.6 is 0 Å². The number of rotatable bonds is 6. The molecule has 0 aliphatic carbocycles. The molecule has 0 saturated heterocycles. The van der Waals surface area contributed by atoms with Crippen molar-refractivity contribution < 1.29 is 30.5 Å². The molecule has 0 bridgehead atoms. The molecule has 4 rings (SSSR count). The lowest BCUT2D eigenvalue weighted by atomic mass is 10.1. The Morgan fingerprint density at radius 3 is 2.06 bits per heavy atom. The van der Waals surface area contributed by atoms with Gasteiger partial charge in [-0.15, -0.1) is 0 Å². The van der Waals surface area contributed by atoms with E-state index in [1.165, 1.54) is 49.5 Å². The van der Waals surface area contributed by atoms with Gasteiger partial charge in [0.15, 0.2) is 11.5 Å². The summed E-state index contributed by atoms with van der Waals surface area (Å²) in [6, 6.07) is 14.9. The highest BCUT2D eigenvalue weighted by molar-refractivity contribution is 7.92. The molecule has 3 aromatic rings. The Morgan fingerprint density at radius 2 is 1.39 bits per heavy atom. The van der Waals surface area contributed by atoms with E-state index in [0.717, 1.165) is 15.4 Å². The molecule has 0 saturated carbocycles. The van der Waals surface area contributed by atoms with Gasteiger partial charge in [0.1, 0.15) is 23.9 Å². The summed E-state index contributed by atoms with van der Waals surface area (Å²) >= 11 is 0. The number of aryl methyl sites for hydroxylation is 2. The molecule has 0 atom stereocenters. The van der Waals surface area contributed by atoms with E-state index in [1.54, 1.807) is 18.2 Å². The number of hydrogen-bond acceptors (Lipinski definition) is 7. The van der Waals surface area contributed by atoms with E-state index in [2.05, 4.69) is 0 Å². The fraction of sp³-hybridized carbons (Fsp3) is 0.217. The van der Waals surface area contributed by atoms with Gasteiger partial charge in [-0.25, -0.2) is 8.42 Å². The molecule has 3 aromatic carbocycles. The van der Waals surface area contributed by atoms with E-state index in [0.29, 0.717) is 30.4 Å². The smallest absolute Gasteiger partial charge is 0.339 e. The maximum absolute atomic E-state index is 13.0. The summed E-state index contributed by atoms with van der Waals surface area (Å²) in [6.07, 6.45) is 0. The second-order valence-electron chi connectivity index (χ2n) is 7.56. The monoisotopic (exact) mass is 489 g/mol. The molecule has 174 valence electrons. The van der Waals surface area contributed by atoms with Crippen LogP contribution in [0.2, 0.25) is 0 Å². The van der Waals surface area contributed by atoms with Gasteiger partial charge in [0.25, 0.3) is 10.0 Å². The zero-order valence-electron chi connectivity index (χ0n) is 18.3. The van der Waals surface area contributed by atoms with Crippen LogP contribution in [0.3, 0.4) is 0 Å². The molecule has 0 radical (unpaired) electrons. The molecule has 0 aromatic heterocycles. The van der Waals surface area contributed by atoms with E-state index in [1.807, 2.05) is 13.8 Å². The van der Waals surface area contributed by atoms with Gasteiger partial charge in [0.05, 0.1) is 10.6 Å². The number of benzene rings is 3. The summed E-state index contributed by atoms with van der Waals surface area (Å²) in [7, 11) is -6.47. The van der Waals surface area contributed by atoms with Gasteiger partial charge in [-0.3, -0.25) is 4.31 Å². The Bertz CT molecular complexity index is 1400. The van der Waals surface area contributed by atoms with Crippen LogP contribution in [0.5, 0.6) is 17.2 Å². The topological polar surface area (TPSA) is 99.2 Å². The highest BCUT2D eigenvalue weighted by Crippen LogP contribution is 2.33. The molecule has 0 N–H and O–H groups in total. The van der Waals surface area contributed by atoms with Gasteiger partial charge < -0.3 is 13.7 Å². The van der Waals surface area contributed by atoms with Crippen LogP contribution in [0.25, 0.3) is 0 Å². The normalized spacial score (nSPS) is 13.4. The van der Waals surface area contributed by atoms with Crippen LogP contribution < -0.4 is 18.0 Å². The zero-order chi connectivity index (χ0) is 23.8. The molecule has 0 amide bonds. The number of sulfonamides is 1. The van der Waals surface area contributed by atoms with Crippen LogP contribution in [0.15, 0.2) is 70.5 Å². The lowest BCUT2D eigenvalue weighted by molar-refractivity contribution is 0.171. The summed E-state index contributed by atoms with van der Waals surface area (Å²) < 4.78 is 68.5. The van der Waals surface area contributed by atoms with E-state index >= 15 is 0 Å². The van der Waals surface area contributed by atoms with Crippen LogP contribution in [-0.2, 0) is 20.1 Å². The van der Waals surface area contributed by atoms with E-state index in [4.69, 9.17) is 13.7 Å². The van der Waals surface area contributed by atoms with Gasteiger partial charge in [-0.1, -0.05) is 6.07 Å². The van der Waals surface area contributed by atoms with Crippen molar-refractivity contribution in [2.75, 3.05) is 24.6 Å². The van der Waals surface area contributed by atoms with Crippen molar-refractivity contribution in [3.8, 4) is 17.2 Å². The van der Waals surface area contributed by atoms with Gasteiger partial charge >= 0.3 is 10.1 Å². The fourth-order valence-corrected chi connectivity index (χ4v) is 5.46. The predicted molar refractivity (Wildman–Crippen MR) is 123 cm³/mol. The van der Waals surface area contributed by atoms with Crippen molar-refractivity contribution in [3.63, 3.8) is 0 Å². The van der Waals surface area contributed by atoms with Crippen molar-refractivity contribution >= 4 is 25.8 Å². The number of hydrogen-bond donors (Lipinski definition) is 0. The highest BCUT2D eigenvalue weighted by atomic mass is 32.2. The standard InChI is InChI=1S/C23H23NO7S2/c1-16-4-9-20(14-17(16)2)32(25,26)24(3)18-5-7-19(8-6-18)31-33(27,28)21-10-11-22-23(15-21)30-13-12-29-22/h4-11,14-15H,12-13H2,1-3H3. The molecule has 1 aliphatic rings. The van der Waals surface area contributed by atoms with E-state index in [-0.39, 0.29) is 15.5 Å². The molecule has 10 heteroatoms. The Kier molecular flexibility index (Phi) is 5.98. The molecule has 1 heterocycles. The predicted octanol–water partition coefficient (Wildman–Crippen LogP) is 3.67. The summed E-state index contributed by atoms with van der Waals surface area (Å²) in [4.78, 5) is 0.0971. The number of fused-ring (bicyclic) bond motifs is 1. The largest absolute Gasteiger partial charge is 0.486 e. The quantitative estimate of drug-likeness (QED) is 0.487. The first-order chi connectivity index (χ1) is 15.6. The fourth-order valence-electron chi connectivity index (χ4n) is 3.24. The first-order valence-corrected chi connectivity index (χ1v) is 12.9. The van der Waals surface area contributed by atoms with Crippen LogP contribution in [-0.4, -0.2) is 37.1 Å². The zero-order valence-corrected chi connectivity index (χ0v) is 19.9.